The summed E-state index contributed by atoms with van der Waals surface area (Å²) < 4.78 is 52.2. The van der Waals surface area contributed by atoms with E-state index in [9.17, 15) is 22.4 Å². The maximum atomic E-state index is 13.7. The molecule has 0 saturated heterocycles. The van der Waals surface area contributed by atoms with E-state index in [1.165, 1.54) is 18.2 Å². The lowest BCUT2D eigenvalue weighted by atomic mass is 9.68. The molecule has 2 nitrogen and oxygen atoms in total. The molecule has 0 atom stereocenters. The van der Waals surface area contributed by atoms with Crippen LogP contribution in [0.3, 0.4) is 0 Å². The first-order valence-corrected chi connectivity index (χ1v) is 9.52. The number of amides is 1. The third-order valence-corrected chi connectivity index (χ3v) is 5.47. The summed E-state index contributed by atoms with van der Waals surface area (Å²) in [5.41, 5.74) is -0.282. The lowest BCUT2D eigenvalue weighted by Crippen LogP contribution is -2.46. The summed E-state index contributed by atoms with van der Waals surface area (Å²) >= 11 is 0. The van der Waals surface area contributed by atoms with Crippen LogP contribution in [0, 0.1) is 5.82 Å². The summed E-state index contributed by atoms with van der Waals surface area (Å²) in [7, 11) is 0. The maximum Gasteiger partial charge on any atom is 0.416 e. The third-order valence-electron chi connectivity index (χ3n) is 5.47. The summed E-state index contributed by atoms with van der Waals surface area (Å²) in [4.78, 5) is 13.0. The monoisotopic (exact) mass is 393 g/mol. The zero-order valence-electron chi connectivity index (χ0n) is 15.5. The highest BCUT2D eigenvalue weighted by molar-refractivity contribution is 5.88. The van der Waals surface area contributed by atoms with E-state index in [1.54, 1.807) is 18.2 Å². The first-order valence-electron chi connectivity index (χ1n) is 9.52. The van der Waals surface area contributed by atoms with Crippen LogP contribution in [-0.4, -0.2) is 12.5 Å². The van der Waals surface area contributed by atoms with E-state index in [1.807, 2.05) is 0 Å². The van der Waals surface area contributed by atoms with Gasteiger partial charge >= 0.3 is 6.18 Å². The van der Waals surface area contributed by atoms with Gasteiger partial charge in [0.2, 0.25) is 5.91 Å². The predicted octanol–water partition coefficient (Wildman–Crippen LogP) is 5.41. The van der Waals surface area contributed by atoms with Gasteiger partial charge < -0.3 is 5.32 Å². The standard InChI is InChI=1S/C22H23F4NO/c23-19-9-5-7-17(15-19)21(11-2-1-3-12-21)20(28)27-13-10-16-6-4-8-18(14-16)22(24,25)26/h4-9,14-15H,1-3,10-13H2,(H,27,28). The molecule has 1 saturated carbocycles. The molecule has 0 aliphatic heterocycles. The van der Waals surface area contributed by atoms with E-state index in [0.29, 0.717) is 30.4 Å². The molecular formula is C22H23F4NO. The van der Waals surface area contributed by atoms with Crippen molar-refractivity contribution in [3.63, 3.8) is 0 Å². The van der Waals surface area contributed by atoms with Gasteiger partial charge in [-0.25, -0.2) is 4.39 Å². The molecule has 0 aromatic heterocycles. The minimum absolute atomic E-state index is 0.176. The minimum Gasteiger partial charge on any atom is -0.355 e. The summed E-state index contributed by atoms with van der Waals surface area (Å²) in [5, 5.41) is 2.88. The van der Waals surface area contributed by atoms with Crippen LogP contribution in [-0.2, 0) is 22.8 Å². The number of benzene rings is 2. The Morgan fingerprint density at radius 1 is 1.00 bits per heavy atom. The van der Waals surface area contributed by atoms with E-state index < -0.39 is 17.2 Å². The molecule has 0 radical (unpaired) electrons. The van der Waals surface area contributed by atoms with Gasteiger partial charge in [0, 0.05) is 6.54 Å². The molecular weight excluding hydrogens is 370 g/mol. The van der Waals surface area contributed by atoms with Gasteiger partial charge in [0.25, 0.3) is 0 Å². The van der Waals surface area contributed by atoms with Gasteiger partial charge in [0.15, 0.2) is 0 Å². The van der Waals surface area contributed by atoms with Crippen LogP contribution >= 0.6 is 0 Å². The number of halogens is 4. The van der Waals surface area contributed by atoms with Gasteiger partial charge in [-0.05, 0) is 48.6 Å². The van der Waals surface area contributed by atoms with Crippen molar-refractivity contribution in [1.29, 1.82) is 0 Å². The fraction of sp³-hybridized carbons (Fsp3) is 0.409. The second kappa shape index (κ2) is 8.33. The van der Waals surface area contributed by atoms with Crippen molar-refractivity contribution in [2.75, 3.05) is 6.54 Å². The number of nitrogens with one attached hydrogen (secondary N) is 1. The molecule has 0 spiro atoms. The van der Waals surface area contributed by atoms with E-state index >= 15 is 0 Å². The van der Waals surface area contributed by atoms with Gasteiger partial charge in [0.1, 0.15) is 5.82 Å². The molecule has 3 rings (SSSR count). The largest absolute Gasteiger partial charge is 0.416 e. The number of hydrogen-bond donors (Lipinski definition) is 1. The van der Waals surface area contributed by atoms with Gasteiger partial charge in [0.05, 0.1) is 11.0 Å². The Morgan fingerprint density at radius 3 is 2.39 bits per heavy atom. The van der Waals surface area contributed by atoms with Gasteiger partial charge in [-0.3, -0.25) is 4.79 Å². The highest BCUT2D eigenvalue weighted by atomic mass is 19.4. The molecule has 150 valence electrons. The summed E-state index contributed by atoms with van der Waals surface area (Å²) in [5.74, 6) is -0.552. The Labute approximate surface area is 162 Å². The highest BCUT2D eigenvalue weighted by Gasteiger charge is 2.41. The van der Waals surface area contributed by atoms with Crippen LogP contribution in [0.25, 0.3) is 0 Å². The Bertz CT molecular complexity index is 825. The molecule has 1 N–H and O–H groups in total. The number of hydrogen-bond acceptors (Lipinski definition) is 1. The van der Waals surface area contributed by atoms with E-state index in [0.717, 1.165) is 31.4 Å². The van der Waals surface area contributed by atoms with Crippen LogP contribution in [0.5, 0.6) is 0 Å². The lowest BCUT2D eigenvalue weighted by Gasteiger charge is -2.36. The third kappa shape index (κ3) is 4.54. The average molecular weight is 393 g/mol. The van der Waals surface area contributed by atoms with Crippen LogP contribution in [0.1, 0.15) is 48.8 Å². The second-order valence-corrected chi connectivity index (χ2v) is 7.36. The first-order chi connectivity index (χ1) is 13.3. The molecule has 1 fully saturated rings. The fourth-order valence-corrected chi connectivity index (χ4v) is 3.98. The van der Waals surface area contributed by atoms with Crippen molar-refractivity contribution in [3.8, 4) is 0 Å². The maximum absolute atomic E-state index is 13.7. The molecule has 1 aliphatic carbocycles. The minimum atomic E-state index is -4.39. The number of carbonyl (C=O) groups excluding carboxylic acids is 1. The van der Waals surface area contributed by atoms with Crippen molar-refractivity contribution in [2.45, 2.75) is 50.1 Å². The molecule has 2 aromatic carbocycles. The Balaban J connectivity index is 1.70. The number of alkyl halides is 3. The lowest BCUT2D eigenvalue weighted by molar-refractivity contribution is -0.137. The van der Waals surface area contributed by atoms with E-state index in [2.05, 4.69) is 5.32 Å². The molecule has 0 unspecified atom stereocenters. The number of carbonyl (C=O) groups is 1. The average Bonchev–Trinajstić information content (AvgIpc) is 2.68. The van der Waals surface area contributed by atoms with E-state index in [4.69, 9.17) is 0 Å². The molecule has 1 aliphatic rings. The smallest absolute Gasteiger partial charge is 0.355 e. The van der Waals surface area contributed by atoms with Gasteiger partial charge in [-0.2, -0.15) is 13.2 Å². The molecule has 1 amide bonds. The summed E-state index contributed by atoms with van der Waals surface area (Å²) in [6.07, 6.45) is 0.0130. The molecule has 0 heterocycles. The van der Waals surface area contributed by atoms with Crippen molar-refractivity contribution in [2.24, 2.45) is 0 Å². The fourth-order valence-electron chi connectivity index (χ4n) is 3.98. The van der Waals surface area contributed by atoms with Gasteiger partial charge in [-0.1, -0.05) is 49.6 Å². The zero-order chi connectivity index (χ0) is 20.2. The molecule has 2 aromatic rings. The quantitative estimate of drug-likeness (QED) is 0.677. The topological polar surface area (TPSA) is 29.1 Å². The molecule has 28 heavy (non-hydrogen) atoms. The Kier molecular flexibility index (Phi) is 6.06. The van der Waals surface area contributed by atoms with Crippen molar-refractivity contribution < 1.29 is 22.4 Å². The Morgan fingerprint density at radius 2 is 1.71 bits per heavy atom. The molecule has 0 bridgehead atoms. The summed E-state index contributed by atoms with van der Waals surface area (Å²) in [6, 6.07) is 11.3. The van der Waals surface area contributed by atoms with Crippen molar-refractivity contribution in [3.05, 3.63) is 71.0 Å². The second-order valence-electron chi connectivity index (χ2n) is 7.36. The highest BCUT2D eigenvalue weighted by Crippen LogP contribution is 2.40. The SMILES string of the molecule is O=C(NCCc1cccc(C(F)(F)F)c1)C1(c2cccc(F)c2)CCCCC1. The zero-order valence-corrected chi connectivity index (χ0v) is 15.5. The first kappa shape index (κ1) is 20.4. The van der Waals surface area contributed by atoms with E-state index in [-0.39, 0.29) is 18.3 Å². The summed E-state index contributed by atoms with van der Waals surface area (Å²) in [6.45, 7) is 0.233. The van der Waals surface area contributed by atoms with Crippen LogP contribution < -0.4 is 5.32 Å². The van der Waals surface area contributed by atoms with Gasteiger partial charge in [-0.15, -0.1) is 0 Å². The Hall–Kier alpha value is -2.37. The van der Waals surface area contributed by atoms with Crippen molar-refractivity contribution >= 4 is 5.91 Å². The van der Waals surface area contributed by atoms with Crippen LogP contribution in [0.15, 0.2) is 48.5 Å². The van der Waals surface area contributed by atoms with Crippen LogP contribution in [0.4, 0.5) is 17.6 Å². The van der Waals surface area contributed by atoms with Crippen molar-refractivity contribution in [1.82, 2.24) is 5.32 Å². The predicted molar refractivity (Wildman–Crippen MR) is 99.3 cm³/mol. The normalized spacial score (nSPS) is 16.6. The number of rotatable bonds is 5. The van der Waals surface area contributed by atoms with Crippen LogP contribution in [0.2, 0.25) is 0 Å². The molecule has 6 heteroatoms.